The summed E-state index contributed by atoms with van der Waals surface area (Å²) >= 11 is 0. The largest absolute Gasteiger partial charge is 0.416 e. The van der Waals surface area contributed by atoms with E-state index in [1.807, 2.05) is 30.3 Å². The highest BCUT2D eigenvalue weighted by atomic mass is 19.4. The quantitative estimate of drug-likeness (QED) is 0.397. The van der Waals surface area contributed by atoms with E-state index in [2.05, 4.69) is 24.3 Å². The zero-order chi connectivity index (χ0) is 22.9. The molecule has 0 unspecified atom stereocenters. The molecule has 2 aromatic carbocycles. The fourth-order valence-corrected chi connectivity index (χ4v) is 3.61. The van der Waals surface area contributed by atoms with Crippen molar-refractivity contribution in [1.82, 2.24) is 9.61 Å². The van der Waals surface area contributed by atoms with E-state index >= 15 is 0 Å². The Hall–Kier alpha value is -3.61. The lowest BCUT2D eigenvalue weighted by Gasteiger charge is -2.10. The molecule has 0 bridgehead atoms. The Balaban J connectivity index is 1.60. The first-order valence-electron chi connectivity index (χ1n) is 10.2. The van der Waals surface area contributed by atoms with E-state index in [1.54, 1.807) is 16.8 Å². The minimum Gasteiger partial charge on any atom is -0.322 e. The molecule has 4 nitrogen and oxygen atoms in total. The Bertz CT molecular complexity index is 1240. The number of benzene rings is 2. The molecule has 1 N–H and O–H groups in total. The number of pyridine rings is 1. The normalized spacial score (nSPS) is 11.8. The van der Waals surface area contributed by atoms with Gasteiger partial charge in [-0.05, 0) is 59.4 Å². The first kappa shape index (κ1) is 21.6. The highest BCUT2D eigenvalue weighted by Gasteiger charge is 2.30. The molecule has 0 saturated heterocycles. The van der Waals surface area contributed by atoms with Gasteiger partial charge < -0.3 is 5.32 Å². The molecule has 2 heterocycles. The van der Waals surface area contributed by atoms with Crippen LogP contribution in [0.1, 0.15) is 52.4 Å². The van der Waals surface area contributed by atoms with Gasteiger partial charge in [0.2, 0.25) is 0 Å². The molecule has 0 fully saturated rings. The molecule has 0 aliphatic heterocycles. The Labute approximate surface area is 183 Å². The summed E-state index contributed by atoms with van der Waals surface area (Å²) in [5.41, 5.74) is 3.71. The second kappa shape index (κ2) is 8.49. The van der Waals surface area contributed by atoms with Crippen molar-refractivity contribution in [3.63, 3.8) is 0 Å². The number of fused-ring (bicyclic) bond motifs is 1. The number of rotatable bonds is 5. The molecule has 4 aromatic rings. The lowest BCUT2D eigenvalue weighted by Crippen LogP contribution is -2.12. The maximum absolute atomic E-state index is 13.0. The number of hydrogen-bond acceptors (Lipinski definition) is 2. The maximum Gasteiger partial charge on any atom is 0.416 e. The summed E-state index contributed by atoms with van der Waals surface area (Å²) in [6.07, 6.45) is -0.761. The van der Waals surface area contributed by atoms with Gasteiger partial charge in [-0.25, -0.2) is 4.52 Å². The Morgan fingerprint density at radius 1 is 1.03 bits per heavy atom. The molecule has 0 aliphatic carbocycles. The monoisotopic (exact) mass is 437 g/mol. The van der Waals surface area contributed by atoms with Crippen molar-refractivity contribution in [2.75, 3.05) is 5.32 Å². The molecule has 0 aliphatic rings. The molecule has 32 heavy (non-hydrogen) atoms. The number of hydrogen-bond donors (Lipinski definition) is 1. The third kappa shape index (κ3) is 4.51. The standard InChI is InChI=1S/C25H22F3N3O/c1-16(2)18-7-11-21(12-8-18)30-24(32)22-15-29-31-13-3-4-19(23(22)31)14-17-5-9-20(10-6-17)25(26,27)28/h3-13,15-16H,14H2,1-2H3,(H,30,32). The zero-order valence-corrected chi connectivity index (χ0v) is 17.6. The Morgan fingerprint density at radius 2 is 1.72 bits per heavy atom. The summed E-state index contributed by atoms with van der Waals surface area (Å²) in [6, 6.07) is 16.4. The summed E-state index contributed by atoms with van der Waals surface area (Å²) in [6.45, 7) is 4.20. The number of carbonyl (C=O) groups is 1. The summed E-state index contributed by atoms with van der Waals surface area (Å²) in [4.78, 5) is 13.0. The van der Waals surface area contributed by atoms with Crippen LogP contribution in [-0.4, -0.2) is 15.5 Å². The molecular weight excluding hydrogens is 415 g/mol. The number of carbonyl (C=O) groups excluding carboxylic acids is 1. The highest BCUT2D eigenvalue weighted by molar-refractivity contribution is 6.09. The van der Waals surface area contributed by atoms with Crippen LogP contribution in [-0.2, 0) is 12.6 Å². The van der Waals surface area contributed by atoms with E-state index in [0.29, 0.717) is 34.7 Å². The van der Waals surface area contributed by atoms with Crippen molar-refractivity contribution in [1.29, 1.82) is 0 Å². The molecule has 0 saturated carbocycles. The first-order valence-corrected chi connectivity index (χ1v) is 10.2. The van der Waals surface area contributed by atoms with Crippen molar-refractivity contribution in [3.05, 3.63) is 101 Å². The number of nitrogens with one attached hydrogen (secondary N) is 1. The third-order valence-corrected chi connectivity index (χ3v) is 5.38. The van der Waals surface area contributed by atoms with Gasteiger partial charge in [0.25, 0.3) is 5.91 Å². The third-order valence-electron chi connectivity index (χ3n) is 5.38. The second-order valence-corrected chi connectivity index (χ2v) is 7.99. The van der Waals surface area contributed by atoms with Crippen LogP contribution >= 0.6 is 0 Å². The van der Waals surface area contributed by atoms with Crippen LogP contribution in [0.4, 0.5) is 18.9 Å². The highest BCUT2D eigenvalue weighted by Crippen LogP contribution is 2.30. The topological polar surface area (TPSA) is 46.4 Å². The molecule has 7 heteroatoms. The molecule has 4 rings (SSSR count). The van der Waals surface area contributed by atoms with Crippen LogP contribution in [0.25, 0.3) is 5.52 Å². The van der Waals surface area contributed by atoms with Gasteiger partial charge in [-0.3, -0.25) is 4.79 Å². The SMILES string of the molecule is CC(C)c1ccc(NC(=O)c2cnn3cccc(Cc4ccc(C(F)(F)F)cc4)c23)cc1. The van der Waals surface area contributed by atoms with Crippen LogP contribution in [0, 0.1) is 0 Å². The van der Waals surface area contributed by atoms with Crippen molar-refractivity contribution in [2.24, 2.45) is 0 Å². The van der Waals surface area contributed by atoms with Gasteiger partial charge in [0.15, 0.2) is 0 Å². The van der Waals surface area contributed by atoms with Gasteiger partial charge >= 0.3 is 6.18 Å². The van der Waals surface area contributed by atoms with Crippen molar-refractivity contribution in [3.8, 4) is 0 Å². The van der Waals surface area contributed by atoms with Gasteiger partial charge in [-0.1, -0.05) is 44.2 Å². The van der Waals surface area contributed by atoms with Crippen LogP contribution < -0.4 is 5.32 Å². The lowest BCUT2D eigenvalue weighted by molar-refractivity contribution is -0.137. The number of alkyl halides is 3. The van der Waals surface area contributed by atoms with Crippen LogP contribution in [0.5, 0.6) is 0 Å². The number of anilines is 1. The van der Waals surface area contributed by atoms with E-state index in [4.69, 9.17) is 0 Å². The van der Waals surface area contributed by atoms with Gasteiger partial charge in [-0.15, -0.1) is 0 Å². The molecule has 1 amide bonds. The summed E-state index contributed by atoms with van der Waals surface area (Å²) in [7, 11) is 0. The molecule has 2 aromatic heterocycles. The summed E-state index contributed by atoms with van der Waals surface area (Å²) in [5.74, 6) is 0.101. The van der Waals surface area contributed by atoms with Gasteiger partial charge in [0.05, 0.1) is 22.8 Å². The average Bonchev–Trinajstić information content (AvgIpc) is 3.19. The molecular formula is C25H22F3N3O. The van der Waals surface area contributed by atoms with Crippen LogP contribution in [0.2, 0.25) is 0 Å². The Morgan fingerprint density at radius 3 is 2.34 bits per heavy atom. The minimum atomic E-state index is -4.37. The number of amides is 1. The van der Waals surface area contributed by atoms with Crippen molar-refractivity contribution >= 4 is 17.1 Å². The zero-order valence-electron chi connectivity index (χ0n) is 17.6. The fraction of sp³-hybridized carbons (Fsp3) is 0.200. The van der Waals surface area contributed by atoms with Crippen LogP contribution in [0.15, 0.2) is 73.1 Å². The van der Waals surface area contributed by atoms with E-state index in [-0.39, 0.29) is 5.91 Å². The minimum absolute atomic E-state index is 0.294. The number of halogens is 3. The van der Waals surface area contributed by atoms with Gasteiger partial charge in [0.1, 0.15) is 0 Å². The van der Waals surface area contributed by atoms with Crippen molar-refractivity contribution in [2.45, 2.75) is 32.4 Å². The average molecular weight is 437 g/mol. The van der Waals surface area contributed by atoms with E-state index in [0.717, 1.165) is 17.7 Å². The Kier molecular flexibility index (Phi) is 5.74. The predicted molar refractivity (Wildman–Crippen MR) is 118 cm³/mol. The lowest BCUT2D eigenvalue weighted by atomic mass is 10.0. The van der Waals surface area contributed by atoms with E-state index < -0.39 is 11.7 Å². The summed E-state index contributed by atoms with van der Waals surface area (Å²) in [5, 5.41) is 7.17. The van der Waals surface area contributed by atoms with E-state index in [1.165, 1.54) is 23.9 Å². The molecule has 164 valence electrons. The fourth-order valence-electron chi connectivity index (χ4n) is 3.61. The second-order valence-electron chi connectivity index (χ2n) is 7.99. The summed E-state index contributed by atoms with van der Waals surface area (Å²) < 4.78 is 40.1. The van der Waals surface area contributed by atoms with Crippen LogP contribution in [0.3, 0.4) is 0 Å². The molecule has 0 radical (unpaired) electrons. The number of aromatic nitrogens is 2. The van der Waals surface area contributed by atoms with E-state index in [9.17, 15) is 18.0 Å². The maximum atomic E-state index is 13.0. The number of nitrogens with zero attached hydrogens (tertiary/aromatic N) is 2. The smallest absolute Gasteiger partial charge is 0.322 e. The molecule has 0 spiro atoms. The predicted octanol–water partition coefficient (Wildman–Crippen LogP) is 6.32. The van der Waals surface area contributed by atoms with Gasteiger partial charge in [0, 0.05) is 11.9 Å². The van der Waals surface area contributed by atoms with Crippen molar-refractivity contribution < 1.29 is 18.0 Å². The molecule has 0 atom stereocenters. The van der Waals surface area contributed by atoms with Gasteiger partial charge in [-0.2, -0.15) is 18.3 Å². The first-order chi connectivity index (χ1) is 15.2.